The highest BCUT2D eigenvalue weighted by molar-refractivity contribution is 5.66. The topological polar surface area (TPSA) is 59.1 Å². The van der Waals surface area contributed by atoms with Crippen LogP contribution in [0, 0.1) is 6.92 Å². The second-order valence-electron chi connectivity index (χ2n) is 5.71. The van der Waals surface area contributed by atoms with E-state index in [1.54, 1.807) is 13.3 Å². The minimum Gasteiger partial charge on any atom is -0.497 e. The lowest BCUT2D eigenvalue weighted by Crippen LogP contribution is -2.03. The lowest BCUT2D eigenvalue weighted by Gasteiger charge is -2.14. The predicted molar refractivity (Wildman–Crippen MR) is 102 cm³/mol. The molecule has 1 heterocycles. The van der Waals surface area contributed by atoms with Crippen LogP contribution in [0.15, 0.2) is 54.7 Å². The first-order valence-electron chi connectivity index (χ1n) is 8.29. The second-order valence-corrected chi connectivity index (χ2v) is 5.71. The first kappa shape index (κ1) is 16.8. The predicted octanol–water partition coefficient (Wildman–Crippen LogP) is 4.84. The molecule has 25 heavy (non-hydrogen) atoms. The molecule has 0 amide bonds. The molecule has 0 saturated heterocycles. The Morgan fingerprint density at radius 1 is 1.04 bits per heavy atom. The molecule has 0 bridgehead atoms. The van der Waals surface area contributed by atoms with Crippen molar-refractivity contribution in [1.82, 2.24) is 9.97 Å². The fraction of sp³-hybridized carbons (Fsp3) is 0.200. The fourth-order valence-electron chi connectivity index (χ4n) is 2.65. The average Bonchev–Trinajstić information content (AvgIpc) is 2.64. The van der Waals surface area contributed by atoms with Crippen molar-refractivity contribution in [3.05, 3.63) is 65.9 Å². The van der Waals surface area contributed by atoms with Gasteiger partial charge in [-0.25, -0.2) is 4.98 Å². The zero-order valence-electron chi connectivity index (χ0n) is 14.7. The summed E-state index contributed by atoms with van der Waals surface area (Å²) in [4.78, 5) is 8.85. The first-order chi connectivity index (χ1) is 12.2. The SMILES string of the molecule is CCc1cccc(C)c1Nc1ccnc(Nc2cccc(OC)c2)n1. The highest BCUT2D eigenvalue weighted by Crippen LogP contribution is 2.25. The van der Waals surface area contributed by atoms with Gasteiger partial charge in [0, 0.05) is 23.6 Å². The standard InChI is InChI=1S/C20H22N4O/c1-4-15-8-5-7-14(2)19(15)23-18-11-12-21-20(24-18)22-16-9-6-10-17(13-16)25-3/h5-13H,4H2,1-3H3,(H2,21,22,23,24). The number of para-hydroxylation sites is 1. The molecule has 0 aliphatic heterocycles. The van der Waals surface area contributed by atoms with Crippen LogP contribution >= 0.6 is 0 Å². The van der Waals surface area contributed by atoms with Gasteiger partial charge in [-0.3, -0.25) is 0 Å². The van der Waals surface area contributed by atoms with E-state index in [1.165, 1.54) is 11.1 Å². The molecule has 5 nitrogen and oxygen atoms in total. The maximum Gasteiger partial charge on any atom is 0.229 e. The van der Waals surface area contributed by atoms with Crippen LogP contribution in [0.1, 0.15) is 18.1 Å². The third-order valence-corrected chi connectivity index (χ3v) is 3.97. The molecule has 2 aromatic carbocycles. The molecule has 0 unspecified atom stereocenters. The molecule has 0 atom stereocenters. The first-order valence-corrected chi connectivity index (χ1v) is 8.29. The van der Waals surface area contributed by atoms with Crippen molar-refractivity contribution < 1.29 is 4.74 Å². The average molecular weight is 334 g/mol. The summed E-state index contributed by atoms with van der Waals surface area (Å²) in [6.45, 7) is 4.24. The van der Waals surface area contributed by atoms with Gasteiger partial charge in [0.2, 0.25) is 5.95 Å². The van der Waals surface area contributed by atoms with E-state index in [0.717, 1.165) is 29.4 Å². The summed E-state index contributed by atoms with van der Waals surface area (Å²) >= 11 is 0. The second kappa shape index (κ2) is 7.66. The van der Waals surface area contributed by atoms with Gasteiger partial charge in [-0.05, 0) is 42.7 Å². The van der Waals surface area contributed by atoms with Gasteiger partial charge in [-0.1, -0.05) is 31.2 Å². The van der Waals surface area contributed by atoms with E-state index in [-0.39, 0.29) is 0 Å². The van der Waals surface area contributed by atoms with Crippen LogP contribution < -0.4 is 15.4 Å². The number of nitrogens with one attached hydrogen (secondary N) is 2. The van der Waals surface area contributed by atoms with Crippen LogP contribution in [0.25, 0.3) is 0 Å². The van der Waals surface area contributed by atoms with E-state index in [2.05, 4.69) is 52.6 Å². The van der Waals surface area contributed by atoms with Gasteiger partial charge in [0.25, 0.3) is 0 Å². The summed E-state index contributed by atoms with van der Waals surface area (Å²) in [5.74, 6) is 2.07. The monoisotopic (exact) mass is 334 g/mol. The van der Waals surface area contributed by atoms with Crippen molar-refractivity contribution in [2.75, 3.05) is 17.7 Å². The van der Waals surface area contributed by atoms with E-state index >= 15 is 0 Å². The van der Waals surface area contributed by atoms with Crippen molar-refractivity contribution in [1.29, 1.82) is 0 Å². The minimum atomic E-state index is 0.532. The Bertz CT molecular complexity index is 864. The summed E-state index contributed by atoms with van der Waals surface area (Å²) in [5, 5.41) is 6.63. The van der Waals surface area contributed by atoms with Crippen LogP contribution in [0.2, 0.25) is 0 Å². The molecule has 0 saturated carbocycles. The Balaban J connectivity index is 1.82. The zero-order chi connectivity index (χ0) is 17.6. The number of methoxy groups -OCH3 is 1. The smallest absolute Gasteiger partial charge is 0.229 e. The summed E-state index contributed by atoms with van der Waals surface area (Å²) in [6, 6.07) is 15.8. The molecule has 128 valence electrons. The number of hydrogen-bond donors (Lipinski definition) is 2. The van der Waals surface area contributed by atoms with Crippen molar-refractivity contribution in [3.8, 4) is 5.75 Å². The molecule has 1 aromatic heterocycles. The highest BCUT2D eigenvalue weighted by Gasteiger charge is 2.07. The fourth-order valence-corrected chi connectivity index (χ4v) is 2.65. The molecule has 0 aliphatic rings. The number of ether oxygens (including phenoxy) is 1. The van der Waals surface area contributed by atoms with Crippen LogP contribution in [0.5, 0.6) is 5.75 Å². The molecular formula is C20H22N4O. The molecule has 0 aliphatic carbocycles. The van der Waals surface area contributed by atoms with Crippen LogP contribution in [0.3, 0.4) is 0 Å². The van der Waals surface area contributed by atoms with Crippen molar-refractivity contribution in [3.63, 3.8) is 0 Å². The third kappa shape index (κ3) is 4.07. The Morgan fingerprint density at radius 2 is 1.88 bits per heavy atom. The number of aryl methyl sites for hydroxylation is 2. The lowest BCUT2D eigenvalue weighted by atomic mass is 10.1. The maximum atomic E-state index is 5.24. The molecule has 0 fully saturated rings. The normalized spacial score (nSPS) is 10.4. The Kier molecular flexibility index (Phi) is 5.14. The molecule has 5 heteroatoms. The van der Waals surface area contributed by atoms with Gasteiger partial charge in [-0.2, -0.15) is 4.98 Å². The van der Waals surface area contributed by atoms with E-state index < -0.39 is 0 Å². The molecule has 0 radical (unpaired) electrons. The number of anilines is 4. The highest BCUT2D eigenvalue weighted by atomic mass is 16.5. The summed E-state index contributed by atoms with van der Waals surface area (Å²) in [5.41, 5.74) is 4.44. The third-order valence-electron chi connectivity index (χ3n) is 3.97. The maximum absolute atomic E-state index is 5.24. The lowest BCUT2D eigenvalue weighted by molar-refractivity contribution is 0.415. The van der Waals surface area contributed by atoms with Gasteiger partial charge < -0.3 is 15.4 Å². The number of rotatable bonds is 6. The van der Waals surface area contributed by atoms with Gasteiger partial charge in [0.15, 0.2) is 0 Å². The van der Waals surface area contributed by atoms with Crippen LogP contribution in [0.4, 0.5) is 23.1 Å². The summed E-state index contributed by atoms with van der Waals surface area (Å²) in [7, 11) is 1.65. The molecular weight excluding hydrogens is 312 g/mol. The summed E-state index contributed by atoms with van der Waals surface area (Å²) < 4.78 is 5.24. The van der Waals surface area contributed by atoms with E-state index in [4.69, 9.17) is 4.74 Å². The van der Waals surface area contributed by atoms with E-state index in [1.807, 2.05) is 30.3 Å². The van der Waals surface area contributed by atoms with Crippen LogP contribution in [-0.4, -0.2) is 17.1 Å². The Hall–Kier alpha value is -3.08. The van der Waals surface area contributed by atoms with Gasteiger partial charge >= 0.3 is 0 Å². The van der Waals surface area contributed by atoms with Gasteiger partial charge in [-0.15, -0.1) is 0 Å². The molecule has 3 aromatic rings. The number of benzene rings is 2. The van der Waals surface area contributed by atoms with E-state index in [9.17, 15) is 0 Å². The number of aromatic nitrogens is 2. The van der Waals surface area contributed by atoms with E-state index in [0.29, 0.717) is 5.95 Å². The van der Waals surface area contributed by atoms with Crippen molar-refractivity contribution in [2.45, 2.75) is 20.3 Å². The quantitative estimate of drug-likeness (QED) is 0.675. The van der Waals surface area contributed by atoms with Crippen molar-refractivity contribution >= 4 is 23.1 Å². The largest absolute Gasteiger partial charge is 0.497 e. The zero-order valence-corrected chi connectivity index (χ0v) is 14.7. The van der Waals surface area contributed by atoms with Gasteiger partial charge in [0.05, 0.1) is 7.11 Å². The van der Waals surface area contributed by atoms with Crippen molar-refractivity contribution in [2.24, 2.45) is 0 Å². The van der Waals surface area contributed by atoms with Gasteiger partial charge in [0.1, 0.15) is 11.6 Å². The number of hydrogen-bond acceptors (Lipinski definition) is 5. The molecule has 0 spiro atoms. The summed E-state index contributed by atoms with van der Waals surface area (Å²) in [6.07, 6.45) is 2.70. The number of nitrogens with zero attached hydrogens (tertiary/aromatic N) is 2. The minimum absolute atomic E-state index is 0.532. The Morgan fingerprint density at radius 3 is 2.68 bits per heavy atom. The Labute approximate surface area is 148 Å². The molecule has 3 rings (SSSR count). The van der Waals surface area contributed by atoms with Crippen LogP contribution in [-0.2, 0) is 6.42 Å². The molecule has 2 N–H and O–H groups in total.